The number of rotatable bonds is 5. The Bertz CT molecular complexity index is 621. The van der Waals surface area contributed by atoms with Gasteiger partial charge in [0.2, 0.25) is 10.0 Å². The van der Waals surface area contributed by atoms with Crippen LogP contribution in [0.1, 0.15) is 32.6 Å². The summed E-state index contributed by atoms with van der Waals surface area (Å²) in [7, 11) is -3.73. The van der Waals surface area contributed by atoms with Gasteiger partial charge in [0.05, 0.1) is 4.92 Å². The molecule has 0 spiro atoms. The Kier molecular flexibility index (Phi) is 5.24. The summed E-state index contributed by atoms with van der Waals surface area (Å²) in [6.07, 6.45) is 4.25. The van der Waals surface area contributed by atoms with E-state index in [4.69, 9.17) is 11.6 Å². The predicted molar refractivity (Wildman–Crippen MR) is 82.3 cm³/mol. The van der Waals surface area contributed by atoms with Crippen molar-refractivity contribution in [3.05, 3.63) is 20.5 Å². The minimum atomic E-state index is -3.73. The number of nitro groups is 1. The van der Waals surface area contributed by atoms with Crippen molar-refractivity contribution >= 4 is 38.6 Å². The molecule has 0 unspecified atom stereocenters. The third-order valence-electron chi connectivity index (χ3n) is 3.81. The monoisotopic (exact) mass is 352 g/mol. The molecule has 0 aromatic carbocycles. The van der Waals surface area contributed by atoms with Crippen molar-refractivity contribution in [1.82, 2.24) is 4.72 Å². The van der Waals surface area contributed by atoms with Crippen molar-refractivity contribution in [2.24, 2.45) is 11.8 Å². The van der Waals surface area contributed by atoms with Crippen LogP contribution in [0.15, 0.2) is 10.3 Å². The first-order valence-corrected chi connectivity index (χ1v) is 9.40. The molecule has 1 aromatic rings. The summed E-state index contributed by atoms with van der Waals surface area (Å²) in [5.74, 6) is 1.04. The summed E-state index contributed by atoms with van der Waals surface area (Å²) in [4.78, 5) is 10.0. The van der Waals surface area contributed by atoms with Gasteiger partial charge in [0.25, 0.3) is 5.69 Å². The zero-order valence-corrected chi connectivity index (χ0v) is 13.9. The second kappa shape index (κ2) is 6.60. The summed E-state index contributed by atoms with van der Waals surface area (Å²) in [5, 5.41) is 10.7. The number of nitrogens with one attached hydrogen (secondary N) is 1. The first kappa shape index (κ1) is 16.7. The maximum Gasteiger partial charge on any atom is 0.300 e. The van der Waals surface area contributed by atoms with Crippen LogP contribution in [-0.2, 0) is 10.0 Å². The molecular formula is C12H17ClN2O4S2. The maximum absolute atomic E-state index is 12.1. The van der Waals surface area contributed by atoms with E-state index in [1.165, 1.54) is 0 Å². The minimum Gasteiger partial charge on any atom is -0.258 e. The third kappa shape index (κ3) is 4.15. The quantitative estimate of drug-likeness (QED) is 0.649. The number of hydrogen-bond donors (Lipinski definition) is 1. The third-order valence-corrected chi connectivity index (χ3v) is 7.04. The fourth-order valence-electron chi connectivity index (χ4n) is 2.43. The molecule has 1 N–H and O–H groups in total. The van der Waals surface area contributed by atoms with Crippen LogP contribution < -0.4 is 4.72 Å². The van der Waals surface area contributed by atoms with Crippen LogP contribution >= 0.6 is 22.9 Å². The average molecular weight is 353 g/mol. The standard InChI is InChI=1S/C12H17ClN2O4S2/c1-8-2-4-9(5-3-8)7-14-21(18,19)11-6-10(15(16)17)12(13)20-11/h6,8-9,14H,2-5,7H2,1H3. The largest absolute Gasteiger partial charge is 0.300 e. The Morgan fingerprint density at radius 3 is 2.57 bits per heavy atom. The molecule has 0 amide bonds. The highest BCUT2D eigenvalue weighted by atomic mass is 35.5. The highest BCUT2D eigenvalue weighted by molar-refractivity contribution is 7.91. The Labute approximate surface area is 132 Å². The molecule has 0 radical (unpaired) electrons. The van der Waals surface area contributed by atoms with Gasteiger partial charge in [0, 0.05) is 12.6 Å². The Hall–Kier alpha value is -0.700. The Morgan fingerprint density at radius 1 is 1.43 bits per heavy atom. The number of hydrogen-bond acceptors (Lipinski definition) is 5. The number of thiophene rings is 1. The van der Waals surface area contributed by atoms with E-state index in [2.05, 4.69) is 11.6 Å². The van der Waals surface area contributed by atoms with Crippen molar-refractivity contribution in [1.29, 1.82) is 0 Å². The van der Waals surface area contributed by atoms with E-state index in [1.807, 2.05) is 0 Å². The molecule has 0 atom stereocenters. The molecule has 1 saturated carbocycles. The van der Waals surface area contributed by atoms with Crippen molar-refractivity contribution < 1.29 is 13.3 Å². The molecule has 1 aliphatic rings. The van der Waals surface area contributed by atoms with Gasteiger partial charge in [-0.15, -0.1) is 11.3 Å². The molecular weight excluding hydrogens is 336 g/mol. The SMILES string of the molecule is CC1CCC(CNS(=O)(=O)c2cc([N+](=O)[O-])c(Cl)s2)CC1. The second-order valence-electron chi connectivity index (χ2n) is 5.46. The van der Waals surface area contributed by atoms with Gasteiger partial charge in [0.1, 0.15) is 4.21 Å². The summed E-state index contributed by atoms with van der Waals surface area (Å²) < 4.78 is 26.6. The molecule has 1 aliphatic carbocycles. The maximum atomic E-state index is 12.1. The molecule has 9 heteroatoms. The van der Waals surface area contributed by atoms with Gasteiger partial charge in [0.15, 0.2) is 4.34 Å². The van der Waals surface area contributed by atoms with Crippen LogP contribution in [0.2, 0.25) is 4.34 Å². The van der Waals surface area contributed by atoms with E-state index in [0.29, 0.717) is 29.7 Å². The number of nitrogens with zero attached hydrogens (tertiary/aromatic N) is 1. The van der Waals surface area contributed by atoms with Crippen LogP contribution in [-0.4, -0.2) is 19.9 Å². The van der Waals surface area contributed by atoms with E-state index in [9.17, 15) is 18.5 Å². The van der Waals surface area contributed by atoms with Crippen molar-refractivity contribution in [2.45, 2.75) is 36.8 Å². The minimum absolute atomic E-state index is 0.108. The molecule has 2 rings (SSSR count). The first-order valence-electron chi connectivity index (χ1n) is 6.73. The van der Waals surface area contributed by atoms with E-state index < -0.39 is 14.9 Å². The van der Waals surface area contributed by atoms with Crippen LogP contribution in [0.5, 0.6) is 0 Å². The molecule has 1 fully saturated rings. The van der Waals surface area contributed by atoms with Gasteiger partial charge in [-0.05, 0) is 24.7 Å². The van der Waals surface area contributed by atoms with Gasteiger partial charge in [-0.1, -0.05) is 31.4 Å². The molecule has 0 aliphatic heterocycles. The molecule has 21 heavy (non-hydrogen) atoms. The summed E-state index contributed by atoms with van der Waals surface area (Å²) in [6, 6.07) is 1.01. The van der Waals surface area contributed by atoms with E-state index >= 15 is 0 Å². The molecule has 0 saturated heterocycles. The van der Waals surface area contributed by atoms with Crippen LogP contribution in [0.3, 0.4) is 0 Å². The summed E-state index contributed by atoms with van der Waals surface area (Å²) >= 11 is 6.41. The fraction of sp³-hybridized carbons (Fsp3) is 0.667. The molecule has 0 bridgehead atoms. The van der Waals surface area contributed by atoms with Gasteiger partial charge in [-0.25, -0.2) is 13.1 Å². The zero-order valence-electron chi connectivity index (χ0n) is 11.5. The number of halogens is 1. The Morgan fingerprint density at radius 2 is 2.05 bits per heavy atom. The molecule has 1 aromatic heterocycles. The van der Waals surface area contributed by atoms with Crippen LogP contribution in [0.4, 0.5) is 5.69 Å². The lowest BCUT2D eigenvalue weighted by atomic mass is 9.83. The lowest BCUT2D eigenvalue weighted by molar-refractivity contribution is -0.384. The topological polar surface area (TPSA) is 89.3 Å². The zero-order chi connectivity index (χ0) is 15.6. The first-order chi connectivity index (χ1) is 9.79. The smallest absolute Gasteiger partial charge is 0.258 e. The summed E-state index contributed by atoms with van der Waals surface area (Å²) in [5.41, 5.74) is -0.367. The fourth-order valence-corrected chi connectivity index (χ4v) is 5.25. The number of sulfonamides is 1. The predicted octanol–water partition coefficient (Wildman–Crippen LogP) is 3.41. The van der Waals surface area contributed by atoms with Crippen molar-refractivity contribution in [2.75, 3.05) is 6.54 Å². The lowest BCUT2D eigenvalue weighted by Gasteiger charge is -2.25. The summed E-state index contributed by atoms with van der Waals surface area (Å²) in [6.45, 7) is 2.57. The highest BCUT2D eigenvalue weighted by Gasteiger charge is 2.26. The average Bonchev–Trinajstić information content (AvgIpc) is 2.81. The van der Waals surface area contributed by atoms with Crippen molar-refractivity contribution in [3.8, 4) is 0 Å². The van der Waals surface area contributed by atoms with E-state index in [0.717, 1.165) is 31.7 Å². The van der Waals surface area contributed by atoms with Crippen LogP contribution in [0, 0.1) is 22.0 Å². The van der Waals surface area contributed by atoms with E-state index in [1.54, 1.807) is 0 Å². The lowest BCUT2D eigenvalue weighted by Crippen LogP contribution is -2.30. The van der Waals surface area contributed by atoms with E-state index in [-0.39, 0.29) is 14.2 Å². The van der Waals surface area contributed by atoms with Crippen molar-refractivity contribution in [3.63, 3.8) is 0 Å². The highest BCUT2D eigenvalue weighted by Crippen LogP contribution is 2.36. The molecule has 118 valence electrons. The van der Waals surface area contributed by atoms with Gasteiger partial charge < -0.3 is 0 Å². The molecule has 1 heterocycles. The Balaban J connectivity index is 2.02. The second-order valence-corrected chi connectivity index (χ2v) is 9.11. The molecule has 6 nitrogen and oxygen atoms in total. The van der Waals surface area contributed by atoms with Gasteiger partial charge >= 0.3 is 0 Å². The van der Waals surface area contributed by atoms with Gasteiger partial charge in [-0.3, -0.25) is 10.1 Å². The normalized spacial score (nSPS) is 23.1. The van der Waals surface area contributed by atoms with Gasteiger partial charge in [-0.2, -0.15) is 0 Å². The van der Waals surface area contributed by atoms with Crippen LogP contribution in [0.25, 0.3) is 0 Å².